The number of benzene rings is 2. The highest BCUT2D eigenvalue weighted by Crippen LogP contribution is 2.29. The third-order valence-electron chi connectivity index (χ3n) is 5.18. The van der Waals surface area contributed by atoms with Crippen molar-refractivity contribution in [2.24, 2.45) is 0 Å². The topological polar surface area (TPSA) is 40.6 Å². The third-order valence-corrected chi connectivity index (χ3v) is 5.18. The lowest BCUT2D eigenvalue weighted by molar-refractivity contribution is -0.131. The first-order valence-electron chi connectivity index (χ1n) is 9.43. The molecule has 1 aliphatic carbocycles. The van der Waals surface area contributed by atoms with E-state index in [1.165, 1.54) is 5.56 Å². The zero-order valence-corrected chi connectivity index (χ0v) is 14.9. The number of hydrogen-bond acceptors (Lipinski definition) is 2. The van der Waals surface area contributed by atoms with E-state index in [4.69, 9.17) is 0 Å². The number of nitrogens with zero attached hydrogens (tertiary/aromatic N) is 2. The van der Waals surface area contributed by atoms with E-state index in [0.29, 0.717) is 25.4 Å². The van der Waals surface area contributed by atoms with Gasteiger partial charge in [-0.25, -0.2) is 0 Å². The molecule has 0 spiro atoms. The molecule has 0 atom stereocenters. The lowest BCUT2D eigenvalue weighted by Crippen LogP contribution is -2.33. The second kappa shape index (κ2) is 7.32. The Morgan fingerprint density at radius 1 is 1.00 bits per heavy atom. The van der Waals surface area contributed by atoms with Gasteiger partial charge in [0, 0.05) is 31.2 Å². The van der Waals surface area contributed by atoms with Crippen LogP contribution in [0.3, 0.4) is 0 Å². The lowest BCUT2D eigenvalue weighted by atomic mass is 10.1. The van der Waals surface area contributed by atoms with E-state index in [2.05, 4.69) is 12.1 Å². The summed E-state index contributed by atoms with van der Waals surface area (Å²) in [7, 11) is 0. The Labute approximate surface area is 154 Å². The Bertz CT molecular complexity index is 782. The first-order valence-corrected chi connectivity index (χ1v) is 9.43. The van der Waals surface area contributed by atoms with Gasteiger partial charge in [0.05, 0.1) is 6.42 Å². The first kappa shape index (κ1) is 16.8. The highest BCUT2D eigenvalue weighted by molar-refractivity contribution is 5.95. The van der Waals surface area contributed by atoms with Gasteiger partial charge in [0.2, 0.25) is 11.8 Å². The summed E-state index contributed by atoms with van der Waals surface area (Å²) in [6, 6.07) is 18.5. The fourth-order valence-corrected chi connectivity index (χ4v) is 3.58. The molecule has 2 aromatic carbocycles. The Hall–Kier alpha value is -2.62. The summed E-state index contributed by atoms with van der Waals surface area (Å²) in [4.78, 5) is 28.6. The number of hydrogen-bond donors (Lipinski definition) is 0. The number of amides is 2. The molecular weight excluding hydrogens is 324 g/mol. The van der Waals surface area contributed by atoms with Gasteiger partial charge < -0.3 is 9.80 Å². The van der Waals surface area contributed by atoms with Crippen molar-refractivity contribution in [3.8, 4) is 0 Å². The number of carbonyl (C=O) groups is 2. The first-order chi connectivity index (χ1) is 12.7. The van der Waals surface area contributed by atoms with E-state index >= 15 is 0 Å². The van der Waals surface area contributed by atoms with Gasteiger partial charge >= 0.3 is 0 Å². The Morgan fingerprint density at radius 2 is 1.73 bits per heavy atom. The minimum atomic E-state index is 0.182. The van der Waals surface area contributed by atoms with Crippen LogP contribution < -0.4 is 4.90 Å². The normalized spacial score (nSPS) is 16.8. The Morgan fingerprint density at radius 3 is 2.35 bits per heavy atom. The van der Waals surface area contributed by atoms with Crippen LogP contribution in [0.5, 0.6) is 0 Å². The monoisotopic (exact) mass is 348 g/mol. The van der Waals surface area contributed by atoms with Crippen molar-refractivity contribution in [2.75, 3.05) is 11.4 Å². The molecule has 2 aliphatic rings. The molecular formula is C22H24N2O2. The van der Waals surface area contributed by atoms with Crippen molar-refractivity contribution in [3.05, 3.63) is 65.7 Å². The van der Waals surface area contributed by atoms with Crippen molar-refractivity contribution in [3.63, 3.8) is 0 Å². The summed E-state index contributed by atoms with van der Waals surface area (Å²) in [6.45, 7) is 1.48. The molecule has 1 aliphatic heterocycles. The Kier molecular flexibility index (Phi) is 4.74. The summed E-state index contributed by atoms with van der Waals surface area (Å²) >= 11 is 0. The number of carbonyl (C=O) groups excluding carboxylic acids is 2. The SMILES string of the molecule is O=C1CCCN1c1ccc(CC(=O)N(Cc2ccccc2)C2CC2)cc1. The maximum Gasteiger partial charge on any atom is 0.227 e. The average molecular weight is 348 g/mol. The molecule has 134 valence electrons. The van der Waals surface area contributed by atoms with Crippen LogP contribution in [-0.2, 0) is 22.6 Å². The molecule has 2 amide bonds. The lowest BCUT2D eigenvalue weighted by Gasteiger charge is -2.23. The fourth-order valence-electron chi connectivity index (χ4n) is 3.58. The number of rotatable bonds is 6. The van der Waals surface area contributed by atoms with Crippen molar-refractivity contribution in [1.82, 2.24) is 4.90 Å². The van der Waals surface area contributed by atoms with Crippen LogP contribution in [0, 0.1) is 0 Å². The molecule has 1 saturated carbocycles. The summed E-state index contributed by atoms with van der Waals surface area (Å²) in [6.07, 6.45) is 4.19. The van der Waals surface area contributed by atoms with Crippen LogP contribution in [0.4, 0.5) is 5.69 Å². The highest BCUT2D eigenvalue weighted by Gasteiger charge is 2.32. The van der Waals surface area contributed by atoms with Crippen molar-refractivity contribution in [1.29, 1.82) is 0 Å². The van der Waals surface area contributed by atoms with Crippen LogP contribution in [0.15, 0.2) is 54.6 Å². The minimum absolute atomic E-state index is 0.182. The van der Waals surface area contributed by atoms with Crippen molar-refractivity contribution in [2.45, 2.75) is 44.7 Å². The second-order valence-electron chi connectivity index (χ2n) is 7.23. The molecule has 0 aromatic heterocycles. The van der Waals surface area contributed by atoms with Crippen molar-refractivity contribution < 1.29 is 9.59 Å². The van der Waals surface area contributed by atoms with E-state index in [1.54, 1.807) is 0 Å². The van der Waals surface area contributed by atoms with Gasteiger partial charge in [-0.05, 0) is 42.5 Å². The van der Waals surface area contributed by atoms with E-state index in [9.17, 15) is 9.59 Å². The van der Waals surface area contributed by atoms with E-state index < -0.39 is 0 Å². The molecule has 4 heteroatoms. The second-order valence-corrected chi connectivity index (χ2v) is 7.23. The van der Waals surface area contributed by atoms with Gasteiger partial charge in [0.15, 0.2) is 0 Å². The smallest absolute Gasteiger partial charge is 0.227 e. The van der Waals surface area contributed by atoms with Gasteiger partial charge in [-0.15, -0.1) is 0 Å². The minimum Gasteiger partial charge on any atom is -0.335 e. The van der Waals surface area contributed by atoms with Gasteiger partial charge in [-0.3, -0.25) is 9.59 Å². The van der Waals surface area contributed by atoms with Crippen LogP contribution >= 0.6 is 0 Å². The zero-order chi connectivity index (χ0) is 17.9. The molecule has 2 fully saturated rings. The van der Waals surface area contributed by atoms with Gasteiger partial charge in [-0.1, -0.05) is 42.5 Å². The van der Waals surface area contributed by atoms with Crippen molar-refractivity contribution >= 4 is 17.5 Å². The van der Waals surface area contributed by atoms with Gasteiger partial charge in [0.25, 0.3) is 0 Å². The largest absolute Gasteiger partial charge is 0.335 e. The summed E-state index contributed by atoms with van der Waals surface area (Å²) in [5, 5.41) is 0. The number of anilines is 1. The Balaban J connectivity index is 1.42. The van der Waals surface area contributed by atoms with E-state index in [-0.39, 0.29) is 11.8 Å². The molecule has 4 rings (SSSR count). The predicted molar refractivity (Wildman–Crippen MR) is 102 cm³/mol. The predicted octanol–water partition coefficient (Wildman–Crippen LogP) is 3.55. The molecule has 2 aromatic rings. The third kappa shape index (κ3) is 3.79. The molecule has 0 radical (unpaired) electrons. The van der Waals surface area contributed by atoms with E-state index in [0.717, 1.165) is 37.1 Å². The molecule has 0 N–H and O–H groups in total. The van der Waals surface area contributed by atoms with Crippen LogP contribution in [0.2, 0.25) is 0 Å². The zero-order valence-electron chi connectivity index (χ0n) is 14.9. The van der Waals surface area contributed by atoms with Gasteiger partial charge in [-0.2, -0.15) is 0 Å². The molecule has 0 bridgehead atoms. The molecule has 0 unspecified atom stereocenters. The summed E-state index contributed by atoms with van der Waals surface area (Å²) in [5.74, 6) is 0.373. The summed E-state index contributed by atoms with van der Waals surface area (Å²) < 4.78 is 0. The fraction of sp³-hybridized carbons (Fsp3) is 0.364. The molecule has 26 heavy (non-hydrogen) atoms. The highest BCUT2D eigenvalue weighted by atomic mass is 16.2. The summed E-state index contributed by atoms with van der Waals surface area (Å²) in [5.41, 5.74) is 3.12. The quantitative estimate of drug-likeness (QED) is 0.801. The maximum absolute atomic E-state index is 12.9. The maximum atomic E-state index is 12.9. The molecule has 4 nitrogen and oxygen atoms in total. The van der Waals surface area contributed by atoms with Gasteiger partial charge in [0.1, 0.15) is 0 Å². The van der Waals surface area contributed by atoms with E-state index in [1.807, 2.05) is 52.3 Å². The van der Waals surface area contributed by atoms with Crippen LogP contribution in [0.1, 0.15) is 36.8 Å². The molecule has 1 saturated heterocycles. The average Bonchev–Trinajstić information content (AvgIpc) is 3.42. The van der Waals surface area contributed by atoms with Crippen LogP contribution in [0.25, 0.3) is 0 Å². The van der Waals surface area contributed by atoms with Crippen LogP contribution in [-0.4, -0.2) is 29.3 Å². The molecule has 1 heterocycles. The standard InChI is InChI=1S/C22H24N2O2/c25-21-7-4-14-23(21)19-10-8-17(9-11-19)15-22(26)24(20-12-13-20)16-18-5-2-1-3-6-18/h1-3,5-6,8-11,20H,4,7,12-16H2.